The topological polar surface area (TPSA) is 71.5 Å². The molecule has 0 saturated carbocycles. The van der Waals surface area contributed by atoms with Crippen molar-refractivity contribution < 1.29 is 24.1 Å². The Morgan fingerprint density at radius 2 is 1.88 bits per heavy atom. The average Bonchev–Trinajstić information content (AvgIpc) is 3.21. The van der Waals surface area contributed by atoms with Gasteiger partial charge in [-0.1, -0.05) is 18.2 Å². The first-order chi connectivity index (χ1) is 15.5. The van der Waals surface area contributed by atoms with Gasteiger partial charge < -0.3 is 24.2 Å². The second kappa shape index (κ2) is 12.3. The molecule has 1 atom stereocenters. The van der Waals surface area contributed by atoms with Crippen molar-refractivity contribution in [1.82, 2.24) is 9.80 Å². The van der Waals surface area contributed by atoms with E-state index in [-0.39, 0.29) is 12.5 Å². The fourth-order valence-corrected chi connectivity index (χ4v) is 3.75. The molecule has 0 aromatic heterocycles. The van der Waals surface area contributed by atoms with Gasteiger partial charge in [0, 0.05) is 38.7 Å². The number of likely N-dealkylation sites (N-methyl/N-ethyl adjacent to an activating group) is 1. The number of hydrogen-bond donors (Lipinski definition) is 1. The SMILES string of the molecule is COc1cccc(OCC(O)CN(C)Cc2ccc(OCCCN3CCCC3=O)cc2)c1. The number of carbonyl (C=O) groups is 1. The largest absolute Gasteiger partial charge is 0.497 e. The molecule has 3 rings (SSSR count). The van der Waals surface area contributed by atoms with Crippen LogP contribution in [-0.4, -0.2) is 73.9 Å². The predicted molar refractivity (Wildman–Crippen MR) is 123 cm³/mol. The molecule has 7 nitrogen and oxygen atoms in total. The number of methoxy groups -OCH3 is 1. The fraction of sp³-hybridized carbons (Fsp3) is 0.480. The lowest BCUT2D eigenvalue weighted by atomic mass is 10.2. The summed E-state index contributed by atoms with van der Waals surface area (Å²) >= 11 is 0. The van der Waals surface area contributed by atoms with Gasteiger partial charge in [0.2, 0.25) is 5.91 Å². The van der Waals surface area contributed by atoms with Crippen molar-refractivity contribution in [3.63, 3.8) is 0 Å². The second-order valence-corrected chi connectivity index (χ2v) is 8.17. The molecule has 0 radical (unpaired) electrons. The molecule has 7 heteroatoms. The Bertz CT molecular complexity index is 842. The minimum atomic E-state index is -0.601. The van der Waals surface area contributed by atoms with Gasteiger partial charge in [0.25, 0.3) is 0 Å². The highest BCUT2D eigenvalue weighted by molar-refractivity contribution is 5.77. The summed E-state index contributed by atoms with van der Waals surface area (Å²) in [6, 6.07) is 15.3. The number of rotatable bonds is 13. The van der Waals surface area contributed by atoms with Crippen LogP contribution in [0.25, 0.3) is 0 Å². The molecule has 1 N–H and O–H groups in total. The van der Waals surface area contributed by atoms with Crippen LogP contribution in [0.15, 0.2) is 48.5 Å². The van der Waals surface area contributed by atoms with Gasteiger partial charge in [-0.25, -0.2) is 0 Å². The molecule has 1 aliphatic rings. The minimum absolute atomic E-state index is 0.216. The third-order valence-electron chi connectivity index (χ3n) is 5.39. The number of nitrogens with zero attached hydrogens (tertiary/aromatic N) is 2. The van der Waals surface area contributed by atoms with E-state index in [0.29, 0.717) is 31.9 Å². The maximum atomic E-state index is 11.6. The Balaban J connectivity index is 1.33. The zero-order valence-electron chi connectivity index (χ0n) is 19.0. The van der Waals surface area contributed by atoms with Crippen LogP contribution in [-0.2, 0) is 11.3 Å². The Morgan fingerprint density at radius 3 is 2.59 bits per heavy atom. The molecule has 1 saturated heterocycles. The summed E-state index contributed by atoms with van der Waals surface area (Å²) in [7, 11) is 3.58. The van der Waals surface area contributed by atoms with Crippen LogP contribution in [0.5, 0.6) is 17.2 Å². The van der Waals surface area contributed by atoms with E-state index in [4.69, 9.17) is 14.2 Å². The highest BCUT2D eigenvalue weighted by atomic mass is 16.5. The second-order valence-electron chi connectivity index (χ2n) is 8.17. The van der Waals surface area contributed by atoms with Gasteiger partial charge in [-0.15, -0.1) is 0 Å². The molecule has 2 aromatic rings. The van der Waals surface area contributed by atoms with Crippen LogP contribution >= 0.6 is 0 Å². The van der Waals surface area contributed by atoms with E-state index in [9.17, 15) is 9.90 Å². The predicted octanol–water partition coefficient (Wildman–Crippen LogP) is 2.96. The summed E-state index contributed by atoms with van der Waals surface area (Å²) in [4.78, 5) is 15.6. The summed E-state index contributed by atoms with van der Waals surface area (Å²) < 4.78 is 16.6. The lowest BCUT2D eigenvalue weighted by Gasteiger charge is -2.21. The third-order valence-corrected chi connectivity index (χ3v) is 5.39. The van der Waals surface area contributed by atoms with Crippen molar-refractivity contribution in [2.75, 3.05) is 47.0 Å². The van der Waals surface area contributed by atoms with Crippen molar-refractivity contribution in [3.8, 4) is 17.2 Å². The summed E-state index contributed by atoms with van der Waals surface area (Å²) in [5.41, 5.74) is 1.14. The molecule has 0 spiro atoms. The van der Waals surface area contributed by atoms with E-state index >= 15 is 0 Å². The summed E-state index contributed by atoms with van der Waals surface area (Å²) in [5, 5.41) is 10.3. The van der Waals surface area contributed by atoms with E-state index in [1.807, 2.05) is 54.4 Å². The Labute approximate surface area is 190 Å². The summed E-state index contributed by atoms with van der Waals surface area (Å²) in [5.74, 6) is 2.49. The quantitative estimate of drug-likeness (QED) is 0.481. The van der Waals surface area contributed by atoms with Gasteiger partial charge in [-0.05, 0) is 49.7 Å². The maximum Gasteiger partial charge on any atom is 0.222 e. The molecule has 1 unspecified atom stereocenters. The third kappa shape index (κ3) is 7.73. The van der Waals surface area contributed by atoms with Crippen LogP contribution < -0.4 is 14.2 Å². The van der Waals surface area contributed by atoms with E-state index in [1.165, 1.54) is 0 Å². The molecular formula is C25H34N2O5. The first-order valence-electron chi connectivity index (χ1n) is 11.2. The van der Waals surface area contributed by atoms with Crippen molar-refractivity contribution in [2.24, 2.45) is 0 Å². The van der Waals surface area contributed by atoms with Gasteiger partial charge in [0.1, 0.15) is 30.0 Å². The Kier molecular flexibility index (Phi) is 9.19. The first-order valence-corrected chi connectivity index (χ1v) is 11.2. The molecular weight excluding hydrogens is 408 g/mol. The molecule has 32 heavy (non-hydrogen) atoms. The molecule has 1 amide bonds. The normalized spacial score (nSPS) is 14.6. The Morgan fingerprint density at radius 1 is 1.09 bits per heavy atom. The van der Waals surface area contributed by atoms with E-state index in [2.05, 4.69) is 4.90 Å². The molecule has 1 heterocycles. The number of hydrogen-bond acceptors (Lipinski definition) is 6. The standard InChI is InChI=1S/C25H34N2O5/c1-26(18-21(28)19-32-24-7-3-6-23(16-24)30-2)17-20-9-11-22(12-10-20)31-15-5-14-27-13-4-8-25(27)29/h3,6-7,9-12,16,21,28H,4-5,8,13-15,17-19H2,1-2H3. The number of benzene rings is 2. The molecule has 0 bridgehead atoms. The average molecular weight is 443 g/mol. The molecule has 2 aromatic carbocycles. The van der Waals surface area contributed by atoms with Crippen molar-refractivity contribution in [2.45, 2.75) is 31.9 Å². The number of amides is 1. The molecule has 1 aliphatic heterocycles. The molecule has 0 aliphatic carbocycles. The van der Waals surface area contributed by atoms with Crippen LogP contribution in [0.4, 0.5) is 0 Å². The van der Waals surface area contributed by atoms with E-state index in [1.54, 1.807) is 13.2 Å². The molecule has 174 valence electrons. The monoisotopic (exact) mass is 442 g/mol. The van der Waals surface area contributed by atoms with Gasteiger partial charge in [-0.2, -0.15) is 0 Å². The van der Waals surface area contributed by atoms with Crippen LogP contribution in [0, 0.1) is 0 Å². The lowest BCUT2D eigenvalue weighted by molar-refractivity contribution is -0.127. The van der Waals surface area contributed by atoms with Gasteiger partial charge >= 0.3 is 0 Å². The first kappa shape index (κ1) is 23.9. The van der Waals surface area contributed by atoms with Crippen LogP contribution in [0.2, 0.25) is 0 Å². The van der Waals surface area contributed by atoms with Crippen LogP contribution in [0.1, 0.15) is 24.8 Å². The highest BCUT2D eigenvalue weighted by Crippen LogP contribution is 2.19. The number of aliphatic hydroxyl groups excluding tert-OH is 1. The highest BCUT2D eigenvalue weighted by Gasteiger charge is 2.19. The van der Waals surface area contributed by atoms with Crippen molar-refractivity contribution in [1.29, 1.82) is 0 Å². The van der Waals surface area contributed by atoms with Gasteiger partial charge in [0.05, 0.1) is 13.7 Å². The maximum absolute atomic E-state index is 11.6. The smallest absolute Gasteiger partial charge is 0.222 e. The van der Waals surface area contributed by atoms with E-state index in [0.717, 1.165) is 43.0 Å². The zero-order valence-corrected chi connectivity index (χ0v) is 19.0. The Hall–Kier alpha value is -2.77. The summed E-state index contributed by atoms with van der Waals surface area (Å²) in [6.45, 7) is 3.68. The zero-order chi connectivity index (χ0) is 22.8. The van der Waals surface area contributed by atoms with Crippen molar-refractivity contribution in [3.05, 3.63) is 54.1 Å². The van der Waals surface area contributed by atoms with Gasteiger partial charge in [0.15, 0.2) is 0 Å². The number of ether oxygens (including phenoxy) is 3. The molecule has 1 fully saturated rings. The number of aliphatic hydroxyl groups is 1. The number of likely N-dealkylation sites (tertiary alicyclic amines) is 1. The fourth-order valence-electron chi connectivity index (χ4n) is 3.75. The van der Waals surface area contributed by atoms with Crippen molar-refractivity contribution >= 4 is 5.91 Å². The minimum Gasteiger partial charge on any atom is -0.497 e. The lowest BCUT2D eigenvalue weighted by Crippen LogP contribution is -2.32. The summed E-state index contributed by atoms with van der Waals surface area (Å²) in [6.07, 6.45) is 1.90. The van der Waals surface area contributed by atoms with Crippen LogP contribution in [0.3, 0.4) is 0 Å². The van der Waals surface area contributed by atoms with E-state index < -0.39 is 6.10 Å². The number of carbonyl (C=O) groups excluding carboxylic acids is 1. The van der Waals surface area contributed by atoms with Gasteiger partial charge in [-0.3, -0.25) is 9.69 Å².